The number of aromatic nitrogens is 6. The van der Waals surface area contributed by atoms with E-state index >= 15 is 0 Å². The highest BCUT2D eigenvalue weighted by Gasteiger charge is 2.75. The smallest absolute Gasteiger partial charge is 0.229 e. The second-order valence-corrected chi connectivity index (χ2v) is 9.59. The summed E-state index contributed by atoms with van der Waals surface area (Å²) in [7, 11) is 1.51. The first kappa shape index (κ1) is 23.4. The van der Waals surface area contributed by atoms with Gasteiger partial charge in [0.05, 0.1) is 42.3 Å². The SMILES string of the molecule is CNC(=O)[C@@]12C[C@@H]1C(n1cnc3c(NCc4cccc(C)n4)nc(-c4cncc(F)c4)nc31)[C@H](O)[C@@H]2O. The van der Waals surface area contributed by atoms with Gasteiger partial charge in [0, 0.05) is 30.4 Å². The van der Waals surface area contributed by atoms with Crippen LogP contribution in [0.3, 0.4) is 0 Å². The molecule has 11 nitrogen and oxygen atoms in total. The minimum absolute atomic E-state index is 0.211. The number of pyridine rings is 2. The maximum atomic E-state index is 14.0. The summed E-state index contributed by atoms with van der Waals surface area (Å²) in [5.41, 5.74) is 1.80. The summed E-state index contributed by atoms with van der Waals surface area (Å²) < 4.78 is 15.7. The van der Waals surface area contributed by atoms with Gasteiger partial charge in [-0.1, -0.05) is 6.07 Å². The number of carbonyl (C=O) groups excluding carboxylic acids is 1. The fourth-order valence-electron chi connectivity index (χ4n) is 5.58. The van der Waals surface area contributed by atoms with Crippen LogP contribution in [0.2, 0.25) is 0 Å². The molecule has 0 bridgehead atoms. The lowest BCUT2D eigenvalue weighted by molar-refractivity contribution is -0.132. The number of carbonyl (C=O) groups is 1. The summed E-state index contributed by atoms with van der Waals surface area (Å²) in [4.78, 5) is 34.8. The molecule has 4 aromatic rings. The lowest BCUT2D eigenvalue weighted by Crippen LogP contribution is -2.41. The zero-order chi connectivity index (χ0) is 25.9. The third kappa shape index (κ3) is 3.63. The number of anilines is 1. The lowest BCUT2D eigenvalue weighted by atomic mass is 9.98. The normalized spacial score (nSPS) is 26.2. The minimum Gasteiger partial charge on any atom is -0.389 e. The molecule has 37 heavy (non-hydrogen) atoms. The van der Waals surface area contributed by atoms with Crippen molar-refractivity contribution in [1.29, 1.82) is 0 Å². The number of fused-ring (bicyclic) bond motifs is 2. The first-order valence-corrected chi connectivity index (χ1v) is 11.9. The monoisotopic (exact) mass is 504 g/mol. The molecule has 1 amide bonds. The molecule has 0 spiro atoms. The number of imidazole rings is 1. The molecule has 2 saturated carbocycles. The molecule has 6 rings (SSSR count). The molecule has 2 aliphatic carbocycles. The van der Waals surface area contributed by atoms with Gasteiger partial charge in [0.2, 0.25) is 5.91 Å². The Bertz CT molecular complexity index is 1530. The number of aryl methyl sites for hydroxylation is 1. The topological polar surface area (TPSA) is 151 Å². The van der Waals surface area contributed by atoms with Crippen molar-refractivity contribution in [1.82, 2.24) is 34.8 Å². The summed E-state index contributed by atoms with van der Waals surface area (Å²) in [5, 5.41) is 27.6. The molecule has 0 radical (unpaired) electrons. The summed E-state index contributed by atoms with van der Waals surface area (Å²) in [6.45, 7) is 2.26. The van der Waals surface area contributed by atoms with Crippen LogP contribution in [0, 0.1) is 24.1 Å². The summed E-state index contributed by atoms with van der Waals surface area (Å²) in [6, 6.07) is 6.36. The largest absolute Gasteiger partial charge is 0.389 e. The van der Waals surface area contributed by atoms with Crippen LogP contribution < -0.4 is 10.6 Å². The number of halogens is 1. The Labute approximate surface area is 210 Å². The maximum absolute atomic E-state index is 14.0. The van der Waals surface area contributed by atoms with E-state index in [2.05, 4.69) is 35.6 Å². The van der Waals surface area contributed by atoms with Crippen molar-refractivity contribution < 1.29 is 19.4 Å². The Morgan fingerprint density at radius 2 is 2.08 bits per heavy atom. The lowest BCUT2D eigenvalue weighted by Gasteiger charge is -2.23. The molecule has 0 aromatic carbocycles. The number of hydrogen-bond donors (Lipinski definition) is 4. The Morgan fingerprint density at radius 1 is 1.24 bits per heavy atom. The molecule has 4 heterocycles. The molecule has 4 aromatic heterocycles. The van der Waals surface area contributed by atoms with E-state index in [9.17, 15) is 19.4 Å². The van der Waals surface area contributed by atoms with Gasteiger partial charge in [0.1, 0.15) is 17.4 Å². The van der Waals surface area contributed by atoms with Gasteiger partial charge in [0.25, 0.3) is 0 Å². The van der Waals surface area contributed by atoms with Crippen LogP contribution in [-0.4, -0.2) is 64.9 Å². The van der Waals surface area contributed by atoms with E-state index in [1.807, 2.05) is 25.1 Å². The quantitative estimate of drug-likeness (QED) is 0.305. The molecule has 4 N–H and O–H groups in total. The zero-order valence-corrected chi connectivity index (χ0v) is 20.1. The second kappa shape index (κ2) is 8.53. The van der Waals surface area contributed by atoms with E-state index in [1.54, 1.807) is 4.57 Å². The Hall–Kier alpha value is -4.03. The zero-order valence-electron chi connectivity index (χ0n) is 20.1. The average molecular weight is 505 g/mol. The van der Waals surface area contributed by atoms with Gasteiger partial charge in [-0.05, 0) is 31.5 Å². The van der Waals surface area contributed by atoms with Crippen molar-refractivity contribution in [3.8, 4) is 11.4 Å². The second-order valence-electron chi connectivity index (χ2n) is 9.59. The molecule has 5 atom stereocenters. The molecular formula is C25H25FN8O3. The van der Waals surface area contributed by atoms with Crippen molar-refractivity contribution in [2.24, 2.45) is 11.3 Å². The number of amides is 1. The molecular weight excluding hydrogens is 479 g/mol. The van der Waals surface area contributed by atoms with E-state index in [0.717, 1.165) is 17.6 Å². The van der Waals surface area contributed by atoms with E-state index in [0.29, 0.717) is 35.5 Å². The van der Waals surface area contributed by atoms with Crippen molar-refractivity contribution in [2.75, 3.05) is 12.4 Å². The average Bonchev–Trinajstić information content (AvgIpc) is 3.43. The van der Waals surface area contributed by atoms with Gasteiger partial charge in [-0.15, -0.1) is 0 Å². The predicted molar refractivity (Wildman–Crippen MR) is 130 cm³/mol. The van der Waals surface area contributed by atoms with Crippen LogP contribution in [-0.2, 0) is 11.3 Å². The maximum Gasteiger partial charge on any atom is 0.229 e. The number of nitrogens with zero attached hydrogens (tertiary/aromatic N) is 6. The van der Waals surface area contributed by atoms with E-state index in [1.165, 1.54) is 25.6 Å². The summed E-state index contributed by atoms with van der Waals surface area (Å²) >= 11 is 0. The molecule has 2 aliphatic rings. The first-order chi connectivity index (χ1) is 17.8. The molecule has 0 aliphatic heterocycles. The Balaban J connectivity index is 1.45. The van der Waals surface area contributed by atoms with E-state index < -0.39 is 29.5 Å². The highest BCUT2D eigenvalue weighted by Crippen LogP contribution is 2.67. The fraction of sp³-hybridized carbons (Fsp3) is 0.360. The summed E-state index contributed by atoms with van der Waals surface area (Å²) in [6.07, 6.45) is 2.10. The molecule has 1 unspecified atom stereocenters. The van der Waals surface area contributed by atoms with Crippen LogP contribution in [0.4, 0.5) is 10.2 Å². The van der Waals surface area contributed by atoms with Crippen LogP contribution >= 0.6 is 0 Å². The molecule has 190 valence electrons. The third-order valence-electron chi connectivity index (χ3n) is 7.41. The van der Waals surface area contributed by atoms with Crippen LogP contribution in [0.25, 0.3) is 22.6 Å². The molecule has 2 fully saturated rings. The van der Waals surface area contributed by atoms with E-state index in [-0.39, 0.29) is 17.6 Å². The number of aliphatic hydroxyl groups excluding tert-OH is 2. The molecule has 12 heteroatoms. The number of rotatable bonds is 6. The van der Waals surface area contributed by atoms with Gasteiger partial charge >= 0.3 is 0 Å². The van der Waals surface area contributed by atoms with Gasteiger partial charge in [-0.3, -0.25) is 14.8 Å². The first-order valence-electron chi connectivity index (χ1n) is 11.9. The van der Waals surface area contributed by atoms with Crippen molar-refractivity contribution in [3.05, 3.63) is 60.2 Å². The minimum atomic E-state index is -1.22. The van der Waals surface area contributed by atoms with Crippen molar-refractivity contribution in [3.63, 3.8) is 0 Å². The number of nitrogens with one attached hydrogen (secondary N) is 2. The van der Waals surface area contributed by atoms with Crippen LogP contribution in [0.5, 0.6) is 0 Å². The van der Waals surface area contributed by atoms with Gasteiger partial charge in [0.15, 0.2) is 17.3 Å². The predicted octanol–water partition coefficient (Wildman–Crippen LogP) is 1.37. The van der Waals surface area contributed by atoms with Gasteiger partial charge in [-0.25, -0.2) is 19.3 Å². The summed E-state index contributed by atoms with van der Waals surface area (Å²) in [5.74, 6) is -0.520. The fourth-order valence-corrected chi connectivity index (χ4v) is 5.58. The number of hydrogen-bond acceptors (Lipinski definition) is 9. The van der Waals surface area contributed by atoms with Crippen LogP contribution in [0.1, 0.15) is 23.9 Å². The van der Waals surface area contributed by atoms with Crippen LogP contribution in [0.15, 0.2) is 43.0 Å². The highest BCUT2D eigenvalue weighted by molar-refractivity contribution is 5.88. The molecule has 0 saturated heterocycles. The van der Waals surface area contributed by atoms with E-state index in [4.69, 9.17) is 0 Å². The van der Waals surface area contributed by atoms with Gasteiger partial charge in [-0.2, -0.15) is 0 Å². The number of aliphatic hydroxyl groups is 2. The highest BCUT2D eigenvalue weighted by atomic mass is 19.1. The standard InChI is InChI=1S/C25H25FN8O3/c1-12-4-3-5-15(31-12)10-29-22-17-23(33-21(32-22)13-6-14(26)9-28-8-13)34(11-30-17)18-16-7-25(16,24(37)27-2)20(36)19(18)35/h3-6,8-9,11,16,18-20,35-36H,7,10H2,1-2H3,(H,27,37)(H,29,32,33)/t16-,18?,19+,20+,25+/m1/s1. The van der Waals surface area contributed by atoms with Gasteiger partial charge < -0.3 is 25.4 Å². The van der Waals surface area contributed by atoms with Crippen molar-refractivity contribution >= 4 is 22.9 Å². The van der Waals surface area contributed by atoms with Crippen molar-refractivity contribution in [2.45, 2.75) is 38.1 Å². The Morgan fingerprint density at radius 3 is 2.84 bits per heavy atom. The third-order valence-corrected chi connectivity index (χ3v) is 7.41. The Kier molecular flexibility index (Phi) is 5.39.